The third-order valence-electron chi connectivity index (χ3n) is 2.66. The molecule has 7 heteroatoms. The quantitative estimate of drug-likeness (QED) is 0.840. The molecular weight excluding hydrogens is 328 g/mol. The Kier molecular flexibility index (Phi) is 5.27. The number of halogens is 1. The van der Waals surface area contributed by atoms with E-state index in [4.69, 9.17) is 11.6 Å². The van der Waals surface area contributed by atoms with Crippen molar-refractivity contribution in [1.82, 2.24) is 4.72 Å². The van der Waals surface area contributed by atoms with Gasteiger partial charge in [-0.1, -0.05) is 23.7 Å². The molecule has 114 valence electrons. The molecule has 0 aliphatic heterocycles. The first-order valence-electron chi connectivity index (χ1n) is 6.47. The maximum absolute atomic E-state index is 12.1. The van der Waals surface area contributed by atoms with Gasteiger partial charge in [-0.15, -0.1) is 11.3 Å². The van der Waals surface area contributed by atoms with Crippen molar-refractivity contribution in [3.8, 4) is 0 Å². The lowest BCUT2D eigenvalue weighted by molar-refractivity contribution is 0.583. The van der Waals surface area contributed by atoms with Gasteiger partial charge in [-0.25, -0.2) is 13.1 Å². The van der Waals surface area contributed by atoms with E-state index in [1.165, 1.54) is 6.07 Å². The first-order valence-corrected chi connectivity index (χ1v) is 9.15. The van der Waals surface area contributed by atoms with E-state index < -0.39 is 10.0 Å². The van der Waals surface area contributed by atoms with Gasteiger partial charge in [-0.05, 0) is 43.7 Å². The predicted octanol–water partition coefficient (Wildman–Crippen LogP) is 3.70. The molecule has 0 aliphatic carbocycles. The summed E-state index contributed by atoms with van der Waals surface area (Å²) in [5.74, 6) is 0. The Morgan fingerprint density at radius 2 is 2.00 bits per heavy atom. The minimum absolute atomic E-state index is 0.226. The van der Waals surface area contributed by atoms with Gasteiger partial charge in [-0.2, -0.15) is 0 Å². The largest absolute Gasteiger partial charge is 0.383 e. The van der Waals surface area contributed by atoms with E-state index in [2.05, 4.69) is 23.9 Å². The lowest BCUT2D eigenvalue weighted by Crippen LogP contribution is -2.22. The van der Waals surface area contributed by atoms with Gasteiger partial charge in [0.25, 0.3) is 0 Å². The number of sulfonamides is 1. The number of anilines is 1. The van der Waals surface area contributed by atoms with Crippen molar-refractivity contribution in [1.29, 1.82) is 0 Å². The fourth-order valence-corrected chi connectivity index (χ4v) is 4.34. The monoisotopic (exact) mass is 344 g/mol. The summed E-state index contributed by atoms with van der Waals surface area (Å²) in [6.45, 7) is 4.34. The third-order valence-corrected chi connectivity index (χ3v) is 5.79. The van der Waals surface area contributed by atoms with Crippen molar-refractivity contribution in [2.24, 2.45) is 0 Å². The van der Waals surface area contributed by atoms with E-state index in [9.17, 15) is 8.42 Å². The van der Waals surface area contributed by atoms with Crippen LogP contribution in [0.5, 0.6) is 0 Å². The number of thiophene rings is 1. The molecule has 0 unspecified atom stereocenters. The highest BCUT2D eigenvalue weighted by Gasteiger charge is 2.16. The van der Waals surface area contributed by atoms with Gasteiger partial charge in [0, 0.05) is 18.3 Å². The topological polar surface area (TPSA) is 58.2 Å². The SMILES string of the molecule is CC(C)Nc1cccc(CNS(=O)(=O)c2ccc(Cl)s2)c1. The van der Waals surface area contributed by atoms with Crippen LogP contribution in [0.2, 0.25) is 4.34 Å². The number of benzene rings is 1. The molecule has 0 saturated carbocycles. The van der Waals surface area contributed by atoms with Crippen LogP contribution in [-0.4, -0.2) is 14.5 Å². The van der Waals surface area contributed by atoms with Crippen LogP contribution in [0, 0.1) is 0 Å². The molecule has 1 aromatic carbocycles. The molecule has 0 radical (unpaired) electrons. The minimum atomic E-state index is -3.51. The van der Waals surface area contributed by atoms with E-state index in [0.717, 1.165) is 22.6 Å². The van der Waals surface area contributed by atoms with Crippen LogP contribution in [0.25, 0.3) is 0 Å². The van der Waals surface area contributed by atoms with Gasteiger partial charge in [0.05, 0.1) is 4.34 Å². The summed E-state index contributed by atoms with van der Waals surface area (Å²) < 4.78 is 27.5. The third kappa shape index (κ3) is 4.71. The Balaban J connectivity index is 2.06. The summed E-state index contributed by atoms with van der Waals surface area (Å²) in [4.78, 5) is 0. The molecule has 1 heterocycles. The van der Waals surface area contributed by atoms with Gasteiger partial charge in [0.2, 0.25) is 10.0 Å². The normalized spacial score (nSPS) is 11.8. The smallest absolute Gasteiger partial charge is 0.250 e. The molecule has 2 aromatic rings. The zero-order chi connectivity index (χ0) is 15.5. The highest BCUT2D eigenvalue weighted by Crippen LogP contribution is 2.25. The number of rotatable bonds is 6. The first-order chi connectivity index (χ1) is 9.87. The van der Waals surface area contributed by atoms with Crippen LogP contribution < -0.4 is 10.0 Å². The Morgan fingerprint density at radius 1 is 1.24 bits per heavy atom. The molecule has 0 aliphatic rings. The number of hydrogen-bond donors (Lipinski definition) is 2. The fraction of sp³-hybridized carbons (Fsp3) is 0.286. The van der Waals surface area contributed by atoms with Crippen molar-refractivity contribution in [2.75, 3.05) is 5.32 Å². The van der Waals surface area contributed by atoms with Crippen molar-refractivity contribution in [2.45, 2.75) is 30.6 Å². The standard InChI is InChI=1S/C14H17ClN2O2S2/c1-10(2)17-12-5-3-4-11(8-12)9-16-21(18,19)14-7-6-13(15)20-14/h3-8,10,16-17H,9H2,1-2H3. The van der Waals surface area contributed by atoms with Crippen molar-refractivity contribution in [3.63, 3.8) is 0 Å². The molecule has 0 amide bonds. The van der Waals surface area contributed by atoms with E-state index in [0.29, 0.717) is 10.4 Å². The molecule has 1 aromatic heterocycles. The molecule has 2 N–H and O–H groups in total. The molecule has 0 saturated heterocycles. The fourth-order valence-electron chi connectivity index (χ4n) is 1.80. The molecular formula is C14H17ClN2O2S2. The van der Waals surface area contributed by atoms with Crippen LogP contribution in [0.4, 0.5) is 5.69 Å². The van der Waals surface area contributed by atoms with Gasteiger partial charge < -0.3 is 5.32 Å². The van der Waals surface area contributed by atoms with Gasteiger partial charge in [-0.3, -0.25) is 0 Å². The highest BCUT2D eigenvalue weighted by atomic mass is 35.5. The lowest BCUT2D eigenvalue weighted by atomic mass is 10.2. The maximum Gasteiger partial charge on any atom is 0.250 e. The summed E-state index contributed by atoms with van der Waals surface area (Å²) in [6.07, 6.45) is 0. The average Bonchev–Trinajstić information content (AvgIpc) is 2.84. The van der Waals surface area contributed by atoms with Crippen LogP contribution in [0.15, 0.2) is 40.6 Å². The van der Waals surface area contributed by atoms with Gasteiger partial charge in [0.15, 0.2) is 0 Å². The zero-order valence-electron chi connectivity index (χ0n) is 11.8. The molecule has 0 spiro atoms. The molecule has 0 atom stereocenters. The van der Waals surface area contributed by atoms with E-state index in [-0.39, 0.29) is 10.8 Å². The predicted molar refractivity (Wildman–Crippen MR) is 88.6 cm³/mol. The van der Waals surface area contributed by atoms with Crippen LogP contribution in [0.1, 0.15) is 19.4 Å². The molecule has 2 rings (SSSR count). The number of nitrogens with one attached hydrogen (secondary N) is 2. The van der Waals surface area contributed by atoms with Crippen LogP contribution in [-0.2, 0) is 16.6 Å². The Labute approximate surface area is 134 Å². The Hall–Kier alpha value is -1.08. The lowest BCUT2D eigenvalue weighted by Gasteiger charge is -2.11. The molecule has 4 nitrogen and oxygen atoms in total. The van der Waals surface area contributed by atoms with E-state index >= 15 is 0 Å². The van der Waals surface area contributed by atoms with Gasteiger partial charge >= 0.3 is 0 Å². The van der Waals surface area contributed by atoms with E-state index in [1.54, 1.807) is 6.07 Å². The molecule has 0 bridgehead atoms. The van der Waals surface area contributed by atoms with Crippen LogP contribution >= 0.6 is 22.9 Å². The summed E-state index contributed by atoms with van der Waals surface area (Å²) in [5, 5.41) is 3.28. The van der Waals surface area contributed by atoms with Crippen LogP contribution in [0.3, 0.4) is 0 Å². The summed E-state index contributed by atoms with van der Waals surface area (Å²) in [7, 11) is -3.51. The minimum Gasteiger partial charge on any atom is -0.383 e. The van der Waals surface area contributed by atoms with Crippen molar-refractivity contribution in [3.05, 3.63) is 46.3 Å². The Bertz CT molecular complexity index is 711. The molecule has 0 fully saturated rings. The highest BCUT2D eigenvalue weighted by molar-refractivity contribution is 7.91. The van der Waals surface area contributed by atoms with Crippen molar-refractivity contribution < 1.29 is 8.42 Å². The zero-order valence-corrected chi connectivity index (χ0v) is 14.1. The second-order valence-corrected chi connectivity index (χ2v) is 8.59. The molecule has 21 heavy (non-hydrogen) atoms. The van der Waals surface area contributed by atoms with Crippen molar-refractivity contribution >= 4 is 38.6 Å². The maximum atomic E-state index is 12.1. The van der Waals surface area contributed by atoms with E-state index in [1.807, 2.05) is 24.3 Å². The first kappa shape index (κ1) is 16.3. The second kappa shape index (κ2) is 6.79. The average molecular weight is 345 g/mol. The summed E-state index contributed by atoms with van der Waals surface area (Å²) in [6, 6.07) is 11.1. The second-order valence-electron chi connectivity index (χ2n) is 4.88. The summed E-state index contributed by atoms with van der Waals surface area (Å²) >= 11 is 6.81. The summed E-state index contributed by atoms with van der Waals surface area (Å²) in [5.41, 5.74) is 1.87. The Morgan fingerprint density at radius 3 is 2.62 bits per heavy atom. The number of hydrogen-bond acceptors (Lipinski definition) is 4. The van der Waals surface area contributed by atoms with Gasteiger partial charge in [0.1, 0.15) is 4.21 Å².